The molecule has 21 heavy (non-hydrogen) atoms. The molecule has 112 valence electrons. The highest BCUT2D eigenvalue weighted by Gasteiger charge is 2.22. The van der Waals surface area contributed by atoms with Crippen LogP contribution in [0, 0.1) is 0 Å². The van der Waals surface area contributed by atoms with Gasteiger partial charge in [0.2, 0.25) is 0 Å². The molecule has 1 saturated heterocycles. The van der Waals surface area contributed by atoms with Crippen LogP contribution in [0.1, 0.15) is 35.6 Å². The van der Waals surface area contributed by atoms with Crippen molar-refractivity contribution in [3.8, 4) is 0 Å². The van der Waals surface area contributed by atoms with Gasteiger partial charge in [-0.1, -0.05) is 0 Å². The van der Waals surface area contributed by atoms with E-state index in [1.54, 1.807) is 18.6 Å². The normalized spacial score (nSPS) is 19.5. The van der Waals surface area contributed by atoms with Crippen LogP contribution in [-0.2, 0) is 6.54 Å². The number of aromatic nitrogens is 2. The standard InChI is InChI=1S/C15H20N4O2/c16-12-2-1-7-19(8-5-12)15(20)14-4-3-13(21-14)10-18-9-6-17-11-18/h3-4,6,9,11-12H,1-2,5,7-8,10,16H2. The minimum Gasteiger partial charge on any atom is -0.454 e. The first-order valence-corrected chi connectivity index (χ1v) is 7.31. The van der Waals surface area contributed by atoms with Crippen molar-refractivity contribution in [1.29, 1.82) is 0 Å². The average Bonchev–Trinajstić information content (AvgIpc) is 3.10. The molecule has 0 saturated carbocycles. The van der Waals surface area contributed by atoms with Crippen molar-refractivity contribution in [3.05, 3.63) is 42.4 Å². The van der Waals surface area contributed by atoms with E-state index >= 15 is 0 Å². The van der Waals surface area contributed by atoms with E-state index in [1.165, 1.54) is 0 Å². The number of imidazole rings is 1. The molecule has 0 spiro atoms. The van der Waals surface area contributed by atoms with Gasteiger partial charge >= 0.3 is 0 Å². The van der Waals surface area contributed by atoms with Crippen LogP contribution in [0.15, 0.2) is 35.3 Å². The van der Waals surface area contributed by atoms with Crippen LogP contribution in [0.25, 0.3) is 0 Å². The molecular weight excluding hydrogens is 268 g/mol. The van der Waals surface area contributed by atoms with Gasteiger partial charge in [-0.3, -0.25) is 4.79 Å². The zero-order valence-electron chi connectivity index (χ0n) is 11.9. The van der Waals surface area contributed by atoms with Crippen molar-refractivity contribution < 1.29 is 9.21 Å². The van der Waals surface area contributed by atoms with Gasteiger partial charge in [0.05, 0.1) is 12.9 Å². The van der Waals surface area contributed by atoms with Crippen LogP contribution in [0.3, 0.4) is 0 Å². The molecule has 2 aromatic heterocycles. The van der Waals surface area contributed by atoms with E-state index < -0.39 is 0 Å². The fraction of sp³-hybridized carbons (Fsp3) is 0.467. The van der Waals surface area contributed by atoms with Crippen LogP contribution < -0.4 is 5.73 Å². The maximum atomic E-state index is 12.4. The third-order valence-corrected chi connectivity index (χ3v) is 3.83. The molecule has 0 aliphatic carbocycles. The first-order valence-electron chi connectivity index (χ1n) is 7.31. The summed E-state index contributed by atoms with van der Waals surface area (Å²) < 4.78 is 7.57. The molecule has 1 atom stereocenters. The third kappa shape index (κ3) is 3.33. The fourth-order valence-electron chi connectivity index (χ4n) is 2.62. The minimum atomic E-state index is -0.0408. The number of nitrogens with two attached hydrogens (primary N) is 1. The van der Waals surface area contributed by atoms with Crippen molar-refractivity contribution in [3.63, 3.8) is 0 Å². The summed E-state index contributed by atoms with van der Waals surface area (Å²) in [5.41, 5.74) is 5.95. The summed E-state index contributed by atoms with van der Waals surface area (Å²) in [6, 6.07) is 3.80. The van der Waals surface area contributed by atoms with Gasteiger partial charge in [-0.25, -0.2) is 4.98 Å². The third-order valence-electron chi connectivity index (χ3n) is 3.83. The highest BCUT2D eigenvalue weighted by atomic mass is 16.4. The van der Waals surface area contributed by atoms with Gasteiger partial charge in [-0.15, -0.1) is 0 Å². The molecule has 6 heteroatoms. The second kappa shape index (κ2) is 6.13. The molecule has 0 aromatic carbocycles. The number of likely N-dealkylation sites (tertiary alicyclic amines) is 1. The van der Waals surface area contributed by atoms with Crippen molar-refractivity contribution in [2.45, 2.75) is 31.8 Å². The summed E-state index contributed by atoms with van der Waals surface area (Å²) >= 11 is 0. The largest absolute Gasteiger partial charge is 0.454 e. The lowest BCUT2D eigenvalue weighted by Gasteiger charge is -2.18. The first-order chi connectivity index (χ1) is 10.2. The Hall–Kier alpha value is -2.08. The van der Waals surface area contributed by atoms with Crippen LogP contribution >= 0.6 is 0 Å². The van der Waals surface area contributed by atoms with E-state index in [1.807, 2.05) is 21.7 Å². The predicted molar refractivity (Wildman–Crippen MR) is 77.8 cm³/mol. The second-order valence-electron chi connectivity index (χ2n) is 5.48. The van der Waals surface area contributed by atoms with E-state index in [2.05, 4.69) is 4.98 Å². The van der Waals surface area contributed by atoms with Crippen LogP contribution in [0.4, 0.5) is 0 Å². The van der Waals surface area contributed by atoms with E-state index in [4.69, 9.17) is 10.2 Å². The lowest BCUT2D eigenvalue weighted by molar-refractivity contribution is 0.0727. The molecule has 1 amide bonds. The monoisotopic (exact) mass is 288 g/mol. The summed E-state index contributed by atoms with van der Waals surface area (Å²) in [7, 11) is 0. The van der Waals surface area contributed by atoms with Gasteiger partial charge in [0.15, 0.2) is 5.76 Å². The Morgan fingerprint density at radius 3 is 3.10 bits per heavy atom. The summed E-state index contributed by atoms with van der Waals surface area (Å²) in [4.78, 5) is 18.3. The van der Waals surface area contributed by atoms with Crippen LogP contribution in [-0.4, -0.2) is 39.5 Å². The van der Waals surface area contributed by atoms with E-state index in [9.17, 15) is 4.79 Å². The Balaban J connectivity index is 1.66. The molecule has 0 radical (unpaired) electrons. The van der Waals surface area contributed by atoms with Crippen LogP contribution in [0.5, 0.6) is 0 Å². The topological polar surface area (TPSA) is 77.3 Å². The Morgan fingerprint density at radius 2 is 2.29 bits per heavy atom. The van der Waals surface area contributed by atoms with E-state index in [-0.39, 0.29) is 11.9 Å². The summed E-state index contributed by atoms with van der Waals surface area (Å²) in [6.07, 6.45) is 8.09. The average molecular weight is 288 g/mol. The Kier molecular flexibility index (Phi) is 4.06. The van der Waals surface area contributed by atoms with Crippen molar-refractivity contribution in [2.24, 2.45) is 5.73 Å². The predicted octanol–water partition coefficient (Wildman–Crippen LogP) is 1.48. The van der Waals surface area contributed by atoms with Crippen molar-refractivity contribution >= 4 is 5.91 Å². The summed E-state index contributed by atoms with van der Waals surface area (Å²) in [5.74, 6) is 1.12. The molecule has 1 unspecified atom stereocenters. The molecule has 1 aliphatic heterocycles. The Labute approximate surface area is 123 Å². The van der Waals surface area contributed by atoms with Gasteiger partial charge in [0.1, 0.15) is 5.76 Å². The van der Waals surface area contributed by atoms with E-state index in [0.717, 1.165) is 31.6 Å². The summed E-state index contributed by atoms with van der Waals surface area (Å²) in [6.45, 7) is 2.04. The van der Waals surface area contributed by atoms with Gasteiger partial charge in [-0.2, -0.15) is 0 Å². The maximum Gasteiger partial charge on any atom is 0.289 e. The maximum absolute atomic E-state index is 12.4. The molecule has 3 rings (SSSR count). The first kappa shape index (κ1) is 13.9. The van der Waals surface area contributed by atoms with Crippen LogP contribution in [0.2, 0.25) is 0 Å². The number of hydrogen-bond donors (Lipinski definition) is 1. The molecule has 2 aromatic rings. The van der Waals surface area contributed by atoms with Crippen molar-refractivity contribution in [2.75, 3.05) is 13.1 Å². The zero-order chi connectivity index (χ0) is 14.7. The Bertz CT molecular complexity index is 591. The quantitative estimate of drug-likeness (QED) is 0.928. The highest BCUT2D eigenvalue weighted by molar-refractivity contribution is 5.91. The molecule has 1 aliphatic rings. The minimum absolute atomic E-state index is 0.0408. The number of furan rings is 1. The van der Waals surface area contributed by atoms with Gasteiger partial charge in [0.25, 0.3) is 5.91 Å². The smallest absolute Gasteiger partial charge is 0.289 e. The fourth-order valence-corrected chi connectivity index (χ4v) is 2.62. The number of hydrogen-bond acceptors (Lipinski definition) is 4. The molecule has 6 nitrogen and oxygen atoms in total. The molecule has 2 N–H and O–H groups in total. The lowest BCUT2D eigenvalue weighted by atomic mass is 10.1. The van der Waals surface area contributed by atoms with E-state index in [0.29, 0.717) is 18.8 Å². The molecule has 3 heterocycles. The zero-order valence-corrected chi connectivity index (χ0v) is 11.9. The number of rotatable bonds is 3. The summed E-state index contributed by atoms with van der Waals surface area (Å²) in [5, 5.41) is 0. The van der Waals surface area contributed by atoms with Gasteiger partial charge < -0.3 is 19.6 Å². The second-order valence-corrected chi connectivity index (χ2v) is 5.48. The molecular formula is C15H20N4O2. The SMILES string of the molecule is NC1CCCN(C(=O)c2ccc(Cn3ccnc3)o2)CC1. The number of carbonyl (C=O) groups is 1. The van der Waals surface area contributed by atoms with Gasteiger partial charge in [0, 0.05) is 31.5 Å². The number of carbonyl (C=O) groups excluding carboxylic acids is 1. The molecule has 0 bridgehead atoms. The lowest BCUT2D eigenvalue weighted by Crippen LogP contribution is -2.32. The number of amides is 1. The Morgan fingerprint density at radius 1 is 1.38 bits per heavy atom. The molecule has 1 fully saturated rings. The van der Waals surface area contributed by atoms with Gasteiger partial charge in [-0.05, 0) is 31.4 Å². The number of nitrogens with zero attached hydrogens (tertiary/aromatic N) is 3. The highest BCUT2D eigenvalue weighted by Crippen LogP contribution is 2.16. The van der Waals surface area contributed by atoms with Crippen molar-refractivity contribution in [1.82, 2.24) is 14.5 Å².